The zero-order chi connectivity index (χ0) is 21.8. The third-order valence-corrected chi connectivity index (χ3v) is 6.96. The van der Waals surface area contributed by atoms with E-state index >= 15 is 0 Å². The van der Waals surface area contributed by atoms with E-state index in [0.717, 1.165) is 42.5 Å². The topological polar surface area (TPSA) is 84.9 Å². The van der Waals surface area contributed by atoms with E-state index in [-0.39, 0.29) is 24.5 Å². The molecule has 0 unspecified atom stereocenters. The van der Waals surface area contributed by atoms with E-state index in [1.807, 2.05) is 38.1 Å². The summed E-state index contributed by atoms with van der Waals surface area (Å²) in [5.74, 6) is -2.32. The molecule has 31 heavy (non-hydrogen) atoms. The van der Waals surface area contributed by atoms with Crippen molar-refractivity contribution in [2.24, 2.45) is 11.8 Å². The molecule has 1 spiro atoms. The average Bonchev–Trinajstić information content (AvgIpc) is 3.48. The molecule has 3 heterocycles. The van der Waals surface area contributed by atoms with Gasteiger partial charge in [-0.05, 0) is 49.9 Å². The molecule has 1 N–H and O–H groups in total. The number of nitrogens with zero attached hydrogens (tertiary/aromatic N) is 1. The third kappa shape index (κ3) is 3.45. The van der Waals surface area contributed by atoms with Gasteiger partial charge >= 0.3 is 5.97 Å². The van der Waals surface area contributed by atoms with Crippen molar-refractivity contribution in [2.75, 3.05) is 18.1 Å². The van der Waals surface area contributed by atoms with Crippen molar-refractivity contribution in [1.82, 2.24) is 5.32 Å². The highest BCUT2D eigenvalue weighted by molar-refractivity contribution is 6.02. The highest BCUT2D eigenvalue weighted by Crippen LogP contribution is 2.53. The first-order valence-corrected chi connectivity index (χ1v) is 11.1. The Morgan fingerprint density at radius 1 is 1.19 bits per heavy atom. The van der Waals surface area contributed by atoms with Crippen LogP contribution in [0.25, 0.3) is 0 Å². The number of anilines is 1. The molecule has 3 aliphatic heterocycles. The number of amides is 2. The first-order chi connectivity index (χ1) is 14.9. The van der Waals surface area contributed by atoms with Crippen LogP contribution in [0.4, 0.5) is 5.69 Å². The predicted octanol–water partition coefficient (Wildman–Crippen LogP) is 2.19. The molecule has 4 atom stereocenters. The van der Waals surface area contributed by atoms with Crippen molar-refractivity contribution in [3.8, 4) is 0 Å². The van der Waals surface area contributed by atoms with Gasteiger partial charge in [-0.25, -0.2) is 0 Å². The molecule has 2 bridgehead atoms. The van der Waals surface area contributed by atoms with Gasteiger partial charge in [0, 0.05) is 11.7 Å². The molecule has 7 heteroatoms. The summed E-state index contributed by atoms with van der Waals surface area (Å²) in [6.45, 7) is 4.04. The molecular weight excluding hydrogens is 396 g/mol. The van der Waals surface area contributed by atoms with E-state index in [0.29, 0.717) is 6.54 Å². The second-order valence-corrected chi connectivity index (χ2v) is 9.33. The minimum Gasteiger partial charge on any atom is -0.455 e. The molecule has 7 nitrogen and oxygen atoms in total. The molecule has 0 radical (unpaired) electrons. The molecule has 3 fully saturated rings. The molecule has 164 valence electrons. The number of aryl methyl sites for hydroxylation is 2. The summed E-state index contributed by atoms with van der Waals surface area (Å²) >= 11 is 0. The van der Waals surface area contributed by atoms with Gasteiger partial charge < -0.3 is 19.7 Å². The fourth-order valence-electron chi connectivity index (χ4n) is 5.66. The number of fused-ring (bicyclic) bond motifs is 1. The number of benzene rings is 1. The number of carbonyl (C=O) groups is 3. The SMILES string of the molecule is Cc1cc(C)cc(N2C[C@@]34C=C[C@@H](O3)[C@H](C(=O)OCC(=O)NC3CCCC3)[C@H]4C2=O)c1. The second kappa shape index (κ2) is 7.48. The monoisotopic (exact) mass is 424 g/mol. The lowest BCUT2D eigenvalue weighted by atomic mass is 9.77. The van der Waals surface area contributed by atoms with Crippen LogP contribution in [0.15, 0.2) is 30.4 Å². The maximum atomic E-state index is 13.4. The summed E-state index contributed by atoms with van der Waals surface area (Å²) in [5.41, 5.74) is 2.15. The standard InChI is InChI=1S/C24H28N2O5/c1-14-9-15(2)11-17(10-14)26-13-24-8-7-18(31-24)20(21(24)22(26)28)23(29)30-12-19(27)25-16-5-3-4-6-16/h7-11,16,18,20-21H,3-6,12-13H2,1-2H3,(H,25,27)/t18-,20+,21+,24-/m1/s1. The summed E-state index contributed by atoms with van der Waals surface area (Å²) in [6, 6.07) is 6.17. The fourth-order valence-corrected chi connectivity index (χ4v) is 5.66. The quantitative estimate of drug-likeness (QED) is 0.579. The van der Waals surface area contributed by atoms with Crippen LogP contribution in [-0.4, -0.2) is 48.7 Å². The van der Waals surface area contributed by atoms with Gasteiger partial charge in [-0.2, -0.15) is 0 Å². The molecule has 1 saturated carbocycles. The van der Waals surface area contributed by atoms with Gasteiger partial charge in [0.05, 0.1) is 18.6 Å². The van der Waals surface area contributed by atoms with Crippen LogP contribution in [-0.2, 0) is 23.9 Å². The molecule has 2 amide bonds. The van der Waals surface area contributed by atoms with Crippen molar-refractivity contribution in [1.29, 1.82) is 0 Å². The number of ether oxygens (including phenoxy) is 2. The summed E-state index contributed by atoms with van der Waals surface area (Å²) < 4.78 is 11.5. The normalized spacial score (nSPS) is 31.4. The largest absolute Gasteiger partial charge is 0.455 e. The summed E-state index contributed by atoms with van der Waals surface area (Å²) in [5, 5.41) is 2.92. The molecule has 1 aromatic carbocycles. The first kappa shape index (κ1) is 20.2. The lowest BCUT2D eigenvalue weighted by Gasteiger charge is -2.23. The Bertz CT molecular complexity index is 946. The van der Waals surface area contributed by atoms with E-state index in [1.54, 1.807) is 4.90 Å². The summed E-state index contributed by atoms with van der Waals surface area (Å²) in [7, 11) is 0. The molecule has 4 aliphatic rings. The van der Waals surface area contributed by atoms with Crippen LogP contribution in [0.5, 0.6) is 0 Å². The Hall–Kier alpha value is -2.67. The van der Waals surface area contributed by atoms with Gasteiger partial charge in [0.2, 0.25) is 5.91 Å². The Morgan fingerprint density at radius 2 is 1.90 bits per heavy atom. The lowest BCUT2D eigenvalue weighted by Crippen LogP contribution is -2.41. The fraction of sp³-hybridized carbons (Fsp3) is 0.542. The molecule has 1 aliphatic carbocycles. The van der Waals surface area contributed by atoms with Crippen molar-refractivity contribution in [2.45, 2.75) is 57.3 Å². The van der Waals surface area contributed by atoms with Crippen LogP contribution in [0, 0.1) is 25.7 Å². The third-order valence-electron chi connectivity index (χ3n) is 6.96. The molecule has 5 rings (SSSR count). The van der Waals surface area contributed by atoms with E-state index < -0.39 is 29.5 Å². The summed E-state index contributed by atoms with van der Waals surface area (Å²) in [4.78, 5) is 40.2. The highest BCUT2D eigenvalue weighted by Gasteiger charge is 2.67. The molecule has 2 saturated heterocycles. The number of carbonyl (C=O) groups excluding carboxylic acids is 3. The van der Waals surface area contributed by atoms with Crippen LogP contribution in [0.3, 0.4) is 0 Å². The first-order valence-electron chi connectivity index (χ1n) is 11.1. The van der Waals surface area contributed by atoms with E-state index in [1.165, 1.54) is 0 Å². The zero-order valence-electron chi connectivity index (χ0n) is 17.9. The minimum atomic E-state index is -0.810. The molecule has 0 aromatic heterocycles. The Kier molecular flexibility index (Phi) is 4.88. The zero-order valence-corrected chi connectivity index (χ0v) is 17.9. The molecule has 1 aromatic rings. The molecular formula is C24H28N2O5. The second-order valence-electron chi connectivity index (χ2n) is 9.33. The minimum absolute atomic E-state index is 0.130. The van der Waals surface area contributed by atoms with Crippen molar-refractivity contribution in [3.63, 3.8) is 0 Å². The van der Waals surface area contributed by atoms with Gasteiger partial charge in [-0.1, -0.05) is 31.1 Å². The van der Waals surface area contributed by atoms with Gasteiger partial charge in [-0.3, -0.25) is 14.4 Å². The Morgan fingerprint density at radius 3 is 2.61 bits per heavy atom. The number of nitrogens with one attached hydrogen (secondary N) is 1. The van der Waals surface area contributed by atoms with Gasteiger partial charge in [0.25, 0.3) is 5.91 Å². The number of rotatable bonds is 5. The van der Waals surface area contributed by atoms with Crippen molar-refractivity contribution in [3.05, 3.63) is 41.5 Å². The van der Waals surface area contributed by atoms with Crippen LogP contribution in [0.2, 0.25) is 0 Å². The average molecular weight is 424 g/mol. The van der Waals surface area contributed by atoms with E-state index in [9.17, 15) is 14.4 Å². The van der Waals surface area contributed by atoms with Crippen LogP contribution >= 0.6 is 0 Å². The van der Waals surface area contributed by atoms with Crippen molar-refractivity contribution >= 4 is 23.5 Å². The van der Waals surface area contributed by atoms with Crippen LogP contribution < -0.4 is 10.2 Å². The van der Waals surface area contributed by atoms with Gasteiger partial charge in [-0.15, -0.1) is 0 Å². The smallest absolute Gasteiger partial charge is 0.313 e. The predicted molar refractivity (Wildman–Crippen MR) is 113 cm³/mol. The lowest BCUT2D eigenvalue weighted by molar-refractivity contribution is -0.155. The maximum absolute atomic E-state index is 13.4. The number of esters is 1. The van der Waals surface area contributed by atoms with Crippen molar-refractivity contribution < 1.29 is 23.9 Å². The van der Waals surface area contributed by atoms with Gasteiger partial charge in [0.15, 0.2) is 6.61 Å². The number of hydrogen-bond acceptors (Lipinski definition) is 5. The summed E-state index contributed by atoms with van der Waals surface area (Å²) in [6.07, 6.45) is 7.44. The van der Waals surface area contributed by atoms with Crippen LogP contribution in [0.1, 0.15) is 36.8 Å². The Balaban J connectivity index is 1.30. The van der Waals surface area contributed by atoms with E-state index in [4.69, 9.17) is 9.47 Å². The van der Waals surface area contributed by atoms with E-state index in [2.05, 4.69) is 11.4 Å². The number of hydrogen-bond donors (Lipinski definition) is 1. The highest BCUT2D eigenvalue weighted by atomic mass is 16.6. The van der Waals surface area contributed by atoms with Gasteiger partial charge in [0.1, 0.15) is 11.5 Å². The maximum Gasteiger partial charge on any atom is 0.313 e. The Labute approximate surface area is 181 Å².